The van der Waals surface area contributed by atoms with Crippen LogP contribution in [0.4, 0.5) is 5.82 Å². The number of pyridine rings is 2. The standard InChI is InChI=1S/C32H41N5O4/c1-24(25-10-3-2-4-11-25)31(39)35-28(32(40)41)17-21-36(22-23-37-20-8-6-14-29(37)38)19-7-5-13-27-16-15-26-12-9-18-33-30(26)34-27/h2-4,6,8,10-11,14-16,20,24,28H,5,7,9,12-13,17-19,21-23H2,1H3,(H,33,34)(H,35,39)(H,40,41)/t24-,28-/m0/s1. The molecule has 2 atom stereocenters. The number of amides is 1. The molecule has 0 bridgehead atoms. The molecule has 2 aromatic heterocycles. The van der Waals surface area contributed by atoms with Crippen molar-refractivity contribution in [3.63, 3.8) is 0 Å². The first-order valence-electron chi connectivity index (χ1n) is 14.6. The molecule has 0 aliphatic carbocycles. The van der Waals surface area contributed by atoms with E-state index in [1.54, 1.807) is 23.8 Å². The number of fused-ring (bicyclic) bond motifs is 1. The number of hydrogen-bond acceptors (Lipinski definition) is 6. The summed E-state index contributed by atoms with van der Waals surface area (Å²) in [7, 11) is 0. The maximum absolute atomic E-state index is 12.8. The van der Waals surface area contributed by atoms with E-state index in [0.717, 1.165) is 62.3 Å². The van der Waals surface area contributed by atoms with Crippen molar-refractivity contribution in [1.82, 2.24) is 19.8 Å². The van der Waals surface area contributed by atoms with Crippen LogP contribution in [0.3, 0.4) is 0 Å². The molecular formula is C32H41N5O4. The Hall–Kier alpha value is -3.98. The van der Waals surface area contributed by atoms with Gasteiger partial charge in [-0.1, -0.05) is 42.5 Å². The number of aryl methyl sites for hydroxylation is 2. The third-order valence-corrected chi connectivity index (χ3v) is 7.71. The molecule has 1 aromatic carbocycles. The van der Waals surface area contributed by atoms with Crippen molar-refractivity contribution in [1.29, 1.82) is 0 Å². The minimum Gasteiger partial charge on any atom is -0.480 e. The molecule has 3 N–H and O–H groups in total. The number of nitrogens with zero attached hydrogens (tertiary/aromatic N) is 3. The minimum atomic E-state index is -1.05. The van der Waals surface area contributed by atoms with Crippen LogP contribution in [0.15, 0.2) is 71.7 Å². The normalized spacial score (nSPS) is 14.1. The summed E-state index contributed by atoms with van der Waals surface area (Å²) in [6.07, 6.45) is 6.96. The van der Waals surface area contributed by atoms with Gasteiger partial charge in [-0.15, -0.1) is 0 Å². The molecule has 0 unspecified atom stereocenters. The first kappa shape index (κ1) is 30.0. The van der Waals surface area contributed by atoms with E-state index < -0.39 is 17.9 Å². The first-order chi connectivity index (χ1) is 19.9. The molecule has 0 fully saturated rings. The molecule has 3 aromatic rings. The van der Waals surface area contributed by atoms with Gasteiger partial charge in [0.15, 0.2) is 0 Å². The number of rotatable bonds is 15. The molecule has 3 heterocycles. The lowest BCUT2D eigenvalue weighted by molar-refractivity contribution is -0.142. The number of aliphatic carboxylic acids is 1. The van der Waals surface area contributed by atoms with Gasteiger partial charge in [-0.2, -0.15) is 0 Å². The molecule has 1 aliphatic rings. The smallest absolute Gasteiger partial charge is 0.326 e. The predicted octanol–water partition coefficient (Wildman–Crippen LogP) is 3.69. The van der Waals surface area contributed by atoms with E-state index in [0.29, 0.717) is 19.6 Å². The molecule has 4 rings (SSSR count). The van der Waals surface area contributed by atoms with E-state index in [2.05, 4.69) is 27.7 Å². The minimum absolute atomic E-state index is 0.0647. The highest BCUT2D eigenvalue weighted by Gasteiger charge is 2.24. The van der Waals surface area contributed by atoms with E-state index in [1.165, 1.54) is 11.6 Å². The molecule has 9 heteroatoms. The molecule has 218 valence electrons. The van der Waals surface area contributed by atoms with Crippen LogP contribution in [0, 0.1) is 0 Å². The number of carbonyl (C=O) groups is 2. The SMILES string of the molecule is C[C@H](C(=O)N[C@@H](CCN(CCCCc1ccc2c(n1)NCCC2)CCn1ccccc1=O)C(=O)O)c1ccccc1. The summed E-state index contributed by atoms with van der Waals surface area (Å²) >= 11 is 0. The predicted molar refractivity (Wildman–Crippen MR) is 160 cm³/mol. The lowest BCUT2D eigenvalue weighted by Crippen LogP contribution is -2.45. The number of carboxylic acids is 1. The summed E-state index contributed by atoms with van der Waals surface area (Å²) in [5, 5.41) is 16.0. The van der Waals surface area contributed by atoms with E-state index in [9.17, 15) is 19.5 Å². The van der Waals surface area contributed by atoms with Gasteiger partial charge in [0, 0.05) is 44.1 Å². The van der Waals surface area contributed by atoms with Gasteiger partial charge in [-0.05, 0) is 75.3 Å². The zero-order chi connectivity index (χ0) is 29.0. The Balaban J connectivity index is 1.33. The van der Waals surface area contributed by atoms with Crippen LogP contribution in [0.2, 0.25) is 0 Å². The van der Waals surface area contributed by atoms with Crippen LogP contribution < -0.4 is 16.2 Å². The van der Waals surface area contributed by atoms with Crippen LogP contribution >= 0.6 is 0 Å². The lowest BCUT2D eigenvalue weighted by Gasteiger charge is -2.25. The summed E-state index contributed by atoms with van der Waals surface area (Å²) in [5.74, 6) is -0.804. The second kappa shape index (κ2) is 15.1. The molecular weight excluding hydrogens is 518 g/mol. The second-order valence-corrected chi connectivity index (χ2v) is 10.7. The molecule has 1 amide bonds. The van der Waals surface area contributed by atoms with Gasteiger partial charge >= 0.3 is 5.97 Å². The van der Waals surface area contributed by atoms with Gasteiger partial charge in [0.05, 0.1) is 5.92 Å². The van der Waals surface area contributed by atoms with Crippen molar-refractivity contribution >= 4 is 17.7 Å². The number of benzene rings is 1. The van der Waals surface area contributed by atoms with E-state index in [4.69, 9.17) is 4.98 Å². The average Bonchev–Trinajstić information content (AvgIpc) is 2.99. The summed E-state index contributed by atoms with van der Waals surface area (Å²) in [4.78, 5) is 44.1. The quantitative estimate of drug-likeness (QED) is 0.243. The van der Waals surface area contributed by atoms with Crippen LogP contribution in [0.5, 0.6) is 0 Å². The van der Waals surface area contributed by atoms with Crippen molar-refractivity contribution < 1.29 is 14.7 Å². The second-order valence-electron chi connectivity index (χ2n) is 10.7. The third kappa shape index (κ3) is 9.01. The molecule has 1 aliphatic heterocycles. The van der Waals surface area contributed by atoms with Crippen LogP contribution in [0.1, 0.15) is 55.3 Å². The summed E-state index contributed by atoms with van der Waals surface area (Å²) in [6.45, 7) is 5.09. The van der Waals surface area contributed by atoms with Crippen LogP contribution in [-0.4, -0.2) is 63.7 Å². The topological polar surface area (TPSA) is 117 Å². The Morgan fingerprint density at radius 2 is 1.85 bits per heavy atom. The zero-order valence-corrected chi connectivity index (χ0v) is 23.8. The molecule has 9 nitrogen and oxygen atoms in total. The largest absolute Gasteiger partial charge is 0.480 e. The van der Waals surface area contributed by atoms with Gasteiger partial charge in [0.2, 0.25) is 5.91 Å². The molecule has 0 radical (unpaired) electrons. The van der Waals surface area contributed by atoms with E-state index in [1.807, 2.05) is 36.4 Å². The fourth-order valence-electron chi connectivity index (χ4n) is 5.14. The summed E-state index contributed by atoms with van der Waals surface area (Å²) in [6, 6.07) is 17.7. The highest BCUT2D eigenvalue weighted by atomic mass is 16.4. The highest BCUT2D eigenvalue weighted by molar-refractivity contribution is 5.87. The number of anilines is 1. The van der Waals surface area contributed by atoms with Gasteiger partial charge in [0.1, 0.15) is 11.9 Å². The van der Waals surface area contributed by atoms with Crippen molar-refractivity contribution in [3.8, 4) is 0 Å². The Morgan fingerprint density at radius 1 is 1.05 bits per heavy atom. The fourth-order valence-corrected chi connectivity index (χ4v) is 5.14. The number of aromatic nitrogens is 2. The van der Waals surface area contributed by atoms with Crippen molar-refractivity contribution in [3.05, 3.63) is 94.0 Å². The third-order valence-electron chi connectivity index (χ3n) is 7.71. The maximum atomic E-state index is 12.8. The summed E-state index contributed by atoms with van der Waals surface area (Å²) < 4.78 is 1.66. The van der Waals surface area contributed by atoms with Crippen molar-refractivity contribution in [2.24, 2.45) is 0 Å². The van der Waals surface area contributed by atoms with Gasteiger partial charge in [-0.25, -0.2) is 9.78 Å². The molecule has 0 saturated carbocycles. The molecule has 0 spiro atoms. The van der Waals surface area contributed by atoms with Crippen LogP contribution in [-0.2, 0) is 29.0 Å². The monoisotopic (exact) mass is 559 g/mol. The van der Waals surface area contributed by atoms with E-state index >= 15 is 0 Å². The Labute approximate surface area is 241 Å². The van der Waals surface area contributed by atoms with Gasteiger partial charge < -0.3 is 25.2 Å². The lowest BCUT2D eigenvalue weighted by atomic mass is 10.00. The number of hydrogen-bond donors (Lipinski definition) is 3. The average molecular weight is 560 g/mol. The van der Waals surface area contributed by atoms with Crippen molar-refractivity contribution in [2.45, 2.75) is 64.0 Å². The first-order valence-corrected chi connectivity index (χ1v) is 14.6. The Bertz CT molecular complexity index is 1340. The number of nitrogens with one attached hydrogen (secondary N) is 2. The zero-order valence-electron chi connectivity index (χ0n) is 23.8. The number of carboxylic acid groups (broad SMARTS) is 1. The molecule has 41 heavy (non-hydrogen) atoms. The van der Waals surface area contributed by atoms with Gasteiger partial charge in [0.25, 0.3) is 5.56 Å². The van der Waals surface area contributed by atoms with Crippen molar-refractivity contribution in [2.75, 3.05) is 31.5 Å². The summed E-state index contributed by atoms with van der Waals surface area (Å²) in [5.41, 5.74) is 3.13. The molecule has 0 saturated heterocycles. The number of unbranched alkanes of at least 4 members (excludes halogenated alkanes) is 1. The highest BCUT2D eigenvalue weighted by Crippen LogP contribution is 2.20. The Morgan fingerprint density at radius 3 is 2.63 bits per heavy atom. The van der Waals surface area contributed by atoms with Gasteiger partial charge in [-0.3, -0.25) is 9.59 Å². The van der Waals surface area contributed by atoms with E-state index in [-0.39, 0.29) is 17.9 Å². The Kier molecular flexibility index (Phi) is 11.1. The van der Waals surface area contributed by atoms with Crippen LogP contribution in [0.25, 0.3) is 0 Å². The maximum Gasteiger partial charge on any atom is 0.326 e. The number of carbonyl (C=O) groups excluding carboxylic acids is 1. The fraction of sp³-hybridized carbons (Fsp3) is 0.438.